The molecule has 0 amide bonds. The lowest BCUT2D eigenvalue weighted by Crippen LogP contribution is -2.07. The fourth-order valence-electron chi connectivity index (χ4n) is 1.21. The van der Waals surface area contributed by atoms with Crippen molar-refractivity contribution in [2.45, 2.75) is 0 Å². The van der Waals surface area contributed by atoms with E-state index in [1.54, 1.807) is 0 Å². The number of carboxylic acid groups (broad SMARTS) is 1. The molecule has 18 heavy (non-hydrogen) atoms. The van der Waals surface area contributed by atoms with Crippen molar-refractivity contribution in [3.05, 3.63) is 22.7 Å². The molecule has 0 saturated heterocycles. The summed E-state index contributed by atoms with van der Waals surface area (Å²) in [4.78, 5) is 11.1. The van der Waals surface area contributed by atoms with Crippen LogP contribution in [0.1, 0.15) is 10.4 Å². The van der Waals surface area contributed by atoms with Gasteiger partial charge in [0.1, 0.15) is 17.1 Å². The van der Waals surface area contributed by atoms with Gasteiger partial charge in [-0.25, -0.2) is 4.79 Å². The molecule has 0 aliphatic heterocycles. The second kappa shape index (κ2) is 7.05. The summed E-state index contributed by atoms with van der Waals surface area (Å²) in [5, 5.41) is 9.06. The van der Waals surface area contributed by atoms with Crippen LogP contribution in [0.3, 0.4) is 0 Å². The van der Waals surface area contributed by atoms with Crippen LogP contribution in [0.2, 0.25) is 5.02 Å². The normalized spacial score (nSPS) is 10.2. The van der Waals surface area contributed by atoms with Crippen LogP contribution in [0.5, 0.6) is 11.5 Å². The lowest BCUT2D eigenvalue weighted by atomic mass is 10.2. The molecule has 100 valence electrons. The standard InChI is InChI=1S/C11H13ClO6/c1-15-5-17-7-3-8(12)10(11(13)14)9(4-7)18-6-16-2/h3-4H,5-6H2,1-2H3,(H,13,14). The van der Waals surface area contributed by atoms with Gasteiger partial charge in [0, 0.05) is 26.4 Å². The van der Waals surface area contributed by atoms with Crippen molar-refractivity contribution < 1.29 is 28.8 Å². The minimum absolute atomic E-state index is 0.0159. The van der Waals surface area contributed by atoms with E-state index in [0.29, 0.717) is 5.75 Å². The van der Waals surface area contributed by atoms with Crippen LogP contribution >= 0.6 is 11.6 Å². The summed E-state index contributed by atoms with van der Waals surface area (Å²) in [6.07, 6.45) is 0. The lowest BCUT2D eigenvalue weighted by Gasteiger charge is -2.12. The van der Waals surface area contributed by atoms with E-state index < -0.39 is 5.97 Å². The molecule has 0 aliphatic carbocycles. The van der Waals surface area contributed by atoms with Crippen LogP contribution < -0.4 is 9.47 Å². The zero-order valence-electron chi connectivity index (χ0n) is 9.94. The van der Waals surface area contributed by atoms with Crippen molar-refractivity contribution in [2.75, 3.05) is 27.8 Å². The molecule has 0 aliphatic rings. The van der Waals surface area contributed by atoms with Crippen LogP contribution in [0.4, 0.5) is 0 Å². The highest BCUT2D eigenvalue weighted by Gasteiger charge is 2.18. The smallest absolute Gasteiger partial charge is 0.341 e. The monoisotopic (exact) mass is 276 g/mol. The average molecular weight is 277 g/mol. The van der Waals surface area contributed by atoms with E-state index in [-0.39, 0.29) is 29.9 Å². The first kappa shape index (κ1) is 14.6. The van der Waals surface area contributed by atoms with E-state index in [1.165, 1.54) is 26.4 Å². The molecule has 1 aromatic carbocycles. The molecule has 0 unspecified atom stereocenters. The summed E-state index contributed by atoms with van der Waals surface area (Å²) in [5.74, 6) is -0.773. The molecular formula is C11H13ClO6. The summed E-state index contributed by atoms with van der Waals surface area (Å²) < 4.78 is 19.8. The topological polar surface area (TPSA) is 74.2 Å². The van der Waals surface area contributed by atoms with Gasteiger partial charge in [0.05, 0.1) is 5.02 Å². The van der Waals surface area contributed by atoms with Crippen LogP contribution in [0.15, 0.2) is 12.1 Å². The number of rotatable bonds is 7. The molecule has 0 saturated carbocycles. The molecule has 0 bridgehead atoms. The number of benzene rings is 1. The fraction of sp³-hybridized carbons (Fsp3) is 0.364. The molecule has 0 fully saturated rings. The van der Waals surface area contributed by atoms with Gasteiger partial charge in [-0.05, 0) is 0 Å². The minimum atomic E-state index is -1.19. The Labute approximate surface area is 109 Å². The number of hydrogen-bond donors (Lipinski definition) is 1. The van der Waals surface area contributed by atoms with E-state index >= 15 is 0 Å². The molecule has 0 aromatic heterocycles. The maximum atomic E-state index is 11.1. The molecule has 7 heteroatoms. The second-order valence-electron chi connectivity index (χ2n) is 3.19. The summed E-state index contributed by atoms with van der Waals surface area (Å²) in [6.45, 7) is -0.0726. The Morgan fingerprint density at radius 1 is 1.22 bits per heavy atom. The second-order valence-corrected chi connectivity index (χ2v) is 3.59. The molecule has 1 rings (SSSR count). The van der Waals surface area contributed by atoms with E-state index in [4.69, 9.17) is 35.7 Å². The predicted octanol–water partition coefficient (Wildman–Crippen LogP) is 2.00. The quantitative estimate of drug-likeness (QED) is 0.768. The van der Waals surface area contributed by atoms with E-state index in [9.17, 15) is 4.79 Å². The van der Waals surface area contributed by atoms with Crippen molar-refractivity contribution in [2.24, 2.45) is 0 Å². The predicted molar refractivity (Wildman–Crippen MR) is 63.4 cm³/mol. The Balaban J connectivity index is 3.06. The lowest BCUT2D eigenvalue weighted by molar-refractivity contribution is 0.0445. The number of aromatic carboxylic acids is 1. The Kier molecular flexibility index (Phi) is 5.70. The van der Waals surface area contributed by atoms with Crippen LogP contribution in [0, 0.1) is 0 Å². The molecule has 0 spiro atoms. The van der Waals surface area contributed by atoms with E-state index in [1.807, 2.05) is 0 Å². The summed E-state index contributed by atoms with van der Waals surface area (Å²) in [7, 11) is 2.89. The SMILES string of the molecule is COCOc1cc(Cl)c(C(=O)O)c(OCOC)c1. The van der Waals surface area contributed by atoms with Gasteiger partial charge in [-0.15, -0.1) is 0 Å². The Bertz CT molecular complexity index is 420. The van der Waals surface area contributed by atoms with E-state index in [0.717, 1.165) is 0 Å². The number of hydrogen-bond acceptors (Lipinski definition) is 5. The molecule has 0 radical (unpaired) electrons. The molecular weight excluding hydrogens is 264 g/mol. The Morgan fingerprint density at radius 2 is 1.83 bits per heavy atom. The number of carboxylic acids is 1. The van der Waals surface area contributed by atoms with Crippen LogP contribution in [0.25, 0.3) is 0 Å². The van der Waals surface area contributed by atoms with Crippen molar-refractivity contribution in [1.82, 2.24) is 0 Å². The Morgan fingerprint density at radius 3 is 2.39 bits per heavy atom. The van der Waals surface area contributed by atoms with Gasteiger partial charge < -0.3 is 24.1 Å². The highest BCUT2D eigenvalue weighted by atomic mass is 35.5. The van der Waals surface area contributed by atoms with Crippen molar-refractivity contribution in [3.63, 3.8) is 0 Å². The summed E-state index contributed by atoms with van der Waals surface area (Å²) in [6, 6.07) is 2.79. The first-order valence-corrected chi connectivity index (χ1v) is 5.28. The maximum absolute atomic E-state index is 11.1. The molecule has 1 N–H and O–H groups in total. The number of ether oxygens (including phenoxy) is 4. The third-order valence-electron chi connectivity index (χ3n) is 1.92. The third kappa shape index (κ3) is 3.76. The van der Waals surface area contributed by atoms with Gasteiger partial charge in [0.15, 0.2) is 13.6 Å². The van der Waals surface area contributed by atoms with Crippen molar-refractivity contribution in [3.8, 4) is 11.5 Å². The summed E-state index contributed by atoms with van der Waals surface area (Å²) >= 11 is 5.86. The highest BCUT2D eigenvalue weighted by molar-refractivity contribution is 6.34. The van der Waals surface area contributed by atoms with Crippen molar-refractivity contribution in [1.29, 1.82) is 0 Å². The minimum Gasteiger partial charge on any atom is -0.478 e. The zero-order chi connectivity index (χ0) is 13.5. The molecule has 1 aromatic rings. The largest absolute Gasteiger partial charge is 0.478 e. The molecule has 0 atom stereocenters. The van der Waals surface area contributed by atoms with Gasteiger partial charge in [-0.1, -0.05) is 11.6 Å². The van der Waals surface area contributed by atoms with Gasteiger partial charge in [-0.2, -0.15) is 0 Å². The number of halogens is 1. The number of carbonyl (C=O) groups is 1. The maximum Gasteiger partial charge on any atom is 0.341 e. The fourth-order valence-corrected chi connectivity index (χ4v) is 1.49. The van der Waals surface area contributed by atoms with E-state index in [2.05, 4.69) is 0 Å². The summed E-state index contributed by atoms with van der Waals surface area (Å²) in [5.41, 5.74) is -0.140. The average Bonchev–Trinajstić information content (AvgIpc) is 2.32. The molecule has 6 nitrogen and oxygen atoms in total. The van der Waals surface area contributed by atoms with Gasteiger partial charge >= 0.3 is 5.97 Å². The highest BCUT2D eigenvalue weighted by Crippen LogP contribution is 2.32. The first-order valence-electron chi connectivity index (χ1n) is 4.90. The number of methoxy groups -OCH3 is 2. The van der Waals surface area contributed by atoms with Crippen LogP contribution in [-0.2, 0) is 9.47 Å². The zero-order valence-corrected chi connectivity index (χ0v) is 10.7. The first-order chi connectivity index (χ1) is 8.60. The van der Waals surface area contributed by atoms with Crippen LogP contribution in [-0.4, -0.2) is 38.9 Å². The van der Waals surface area contributed by atoms with Gasteiger partial charge in [0.2, 0.25) is 0 Å². The molecule has 0 heterocycles. The third-order valence-corrected chi connectivity index (χ3v) is 2.22. The van der Waals surface area contributed by atoms with Crippen molar-refractivity contribution >= 4 is 17.6 Å². The van der Waals surface area contributed by atoms with Gasteiger partial charge in [0.25, 0.3) is 0 Å². The Hall–Kier alpha value is -1.50. The van der Waals surface area contributed by atoms with Gasteiger partial charge in [-0.3, -0.25) is 0 Å².